The molecule has 3 aromatic carbocycles. The van der Waals surface area contributed by atoms with Gasteiger partial charge in [-0.25, -0.2) is 0 Å². The van der Waals surface area contributed by atoms with Crippen molar-refractivity contribution < 1.29 is 9.90 Å². The number of likely N-dealkylation sites (tertiary alicyclic amines) is 1. The Morgan fingerprint density at radius 3 is 2.56 bits per heavy atom. The van der Waals surface area contributed by atoms with E-state index in [1.165, 1.54) is 27.8 Å². The second-order valence-corrected chi connectivity index (χ2v) is 9.24. The van der Waals surface area contributed by atoms with E-state index in [9.17, 15) is 9.90 Å². The van der Waals surface area contributed by atoms with Crippen molar-refractivity contribution in [3.63, 3.8) is 0 Å². The summed E-state index contributed by atoms with van der Waals surface area (Å²) in [7, 11) is 0. The molecule has 1 aliphatic heterocycles. The summed E-state index contributed by atoms with van der Waals surface area (Å²) in [5.41, 5.74) is 8.43. The van der Waals surface area contributed by atoms with E-state index < -0.39 is 12.0 Å². The van der Waals surface area contributed by atoms with Gasteiger partial charge in [0.2, 0.25) is 0 Å². The standard InChI is InChI=1S/C30H30N2O2/c1-21-23(11-7-13-26(21)22-9-3-2-4-10-22)19-24-12-8-14-27-25(16-17-31-29(24)27)20-32-18-6-5-15-28(32)30(33)34/h2-4,7-14,16-17,28H,5-6,15,18-20H2,1H3,(H,33,34). The first-order valence-corrected chi connectivity index (χ1v) is 12.1. The van der Waals surface area contributed by atoms with Gasteiger partial charge >= 0.3 is 5.97 Å². The second-order valence-electron chi connectivity index (χ2n) is 9.24. The zero-order chi connectivity index (χ0) is 23.5. The van der Waals surface area contributed by atoms with Gasteiger partial charge < -0.3 is 5.11 Å². The summed E-state index contributed by atoms with van der Waals surface area (Å²) >= 11 is 0. The van der Waals surface area contributed by atoms with Crippen molar-refractivity contribution in [1.82, 2.24) is 9.88 Å². The van der Waals surface area contributed by atoms with E-state index >= 15 is 0 Å². The zero-order valence-corrected chi connectivity index (χ0v) is 19.6. The normalized spacial score (nSPS) is 16.6. The lowest BCUT2D eigenvalue weighted by molar-refractivity contribution is -0.144. The first-order valence-electron chi connectivity index (χ1n) is 12.1. The zero-order valence-electron chi connectivity index (χ0n) is 19.6. The van der Waals surface area contributed by atoms with Crippen molar-refractivity contribution >= 4 is 16.9 Å². The van der Waals surface area contributed by atoms with Gasteiger partial charge in [0.15, 0.2) is 0 Å². The van der Waals surface area contributed by atoms with E-state index in [4.69, 9.17) is 4.98 Å². The Morgan fingerprint density at radius 2 is 1.74 bits per heavy atom. The van der Waals surface area contributed by atoms with Crippen molar-refractivity contribution in [2.24, 2.45) is 0 Å². The fraction of sp³-hybridized carbons (Fsp3) is 0.267. The Labute approximate surface area is 200 Å². The average molecular weight is 451 g/mol. The third kappa shape index (κ3) is 4.46. The molecule has 1 fully saturated rings. The van der Waals surface area contributed by atoms with E-state index in [0.29, 0.717) is 6.54 Å². The third-order valence-corrected chi connectivity index (χ3v) is 7.13. The summed E-state index contributed by atoms with van der Waals surface area (Å²) < 4.78 is 0. The number of para-hydroxylation sites is 1. The van der Waals surface area contributed by atoms with Gasteiger partial charge in [0.25, 0.3) is 0 Å². The van der Waals surface area contributed by atoms with Gasteiger partial charge in [-0.05, 0) is 72.2 Å². The first kappa shape index (κ1) is 22.3. The number of carboxylic acid groups (broad SMARTS) is 1. The van der Waals surface area contributed by atoms with Crippen molar-refractivity contribution in [3.8, 4) is 11.1 Å². The number of aliphatic carboxylic acids is 1. The third-order valence-electron chi connectivity index (χ3n) is 7.13. The molecule has 1 atom stereocenters. The van der Waals surface area contributed by atoms with Gasteiger partial charge in [-0.15, -0.1) is 0 Å². The Hall–Kier alpha value is -3.50. The molecule has 0 spiro atoms. The quantitative estimate of drug-likeness (QED) is 0.378. The predicted molar refractivity (Wildman–Crippen MR) is 137 cm³/mol. The molecule has 4 aromatic rings. The maximum atomic E-state index is 11.8. The lowest BCUT2D eigenvalue weighted by atomic mass is 9.92. The molecule has 0 bridgehead atoms. The van der Waals surface area contributed by atoms with Gasteiger partial charge in [-0.2, -0.15) is 0 Å². The molecule has 4 heteroatoms. The van der Waals surface area contributed by atoms with Crippen LogP contribution in [0.3, 0.4) is 0 Å². The maximum absolute atomic E-state index is 11.8. The molecule has 1 saturated heterocycles. The molecule has 1 N–H and O–H groups in total. The number of rotatable bonds is 6. The summed E-state index contributed by atoms with van der Waals surface area (Å²) in [6.45, 7) is 3.66. The fourth-order valence-electron chi connectivity index (χ4n) is 5.26. The minimum absolute atomic E-state index is 0.400. The van der Waals surface area contributed by atoms with Crippen LogP contribution in [0.4, 0.5) is 0 Å². The van der Waals surface area contributed by atoms with Crippen molar-refractivity contribution in [1.29, 1.82) is 0 Å². The number of benzene rings is 3. The number of carboxylic acids is 1. The molecule has 4 nitrogen and oxygen atoms in total. The molecule has 5 rings (SSSR count). The number of hydrogen-bond acceptors (Lipinski definition) is 3. The van der Waals surface area contributed by atoms with Crippen molar-refractivity contribution in [2.45, 2.75) is 45.2 Å². The molecule has 0 radical (unpaired) electrons. The van der Waals surface area contributed by atoms with Crippen molar-refractivity contribution in [3.05, 3.63) is 101 Å². The highest BCUT2D eigenvalue weighted by Crippen LogP contribution is 2.30. The Kier molecular flexibility index (Phi) is 6.41. The van der Waals surface area contributed by atoms with E-state index in [2.05, 4.69) is 72.5 Å². The smallest absolute Gasteiger partial charge is 0.320 e. The Morgan fingerprint density at radius 1 is 0.941 bits per heavy atom. The number of carbonyl (C=O) groups is 1. The lowest BCUT2D eigenvalue weighted by Gasteiger charge is -2.33. The van der Waals surface area contributed by atoms with E-state index in [-0.39, 0.29) is 0 Å². The second kappa shape index (κ2) is 9.78. The highest BCUT2D eigenvalue weighted by atomic mass is 16.4. The van der Waals surface area contributed by atoms with E-state index in [0.717, 1.165) is 48.7 Å². The van der Waals surface area contributed by atoms with Crippen LogP contribution in [0.2, 0.25) is 0 Å². The summed E-state index contributed by atoms with van der Waals surface area (Å²) in [6, 6.07) is 25.1. The highest BCUT2D eigenvalue weighted by molar-refractivity contribution is 5.85. The largest absolute Gasteiger partial charge is 0.480 e. The average Bonchev–Trinajstić information content (AvgIpc) is 2.86. The van der Waals surface area contributed by atoms with Crippen molar-refractivity contribution in [2.75, 3.05) is 6.54 Å². The van der Waals surface area contributed by atoms with Gasteiger partial charge in [0.1, 0.15) is 6.04 Å². The van der Waals surface area contributed by atoms with Gasteiger partial charge in [-0.3, -0.25) is 14.7 Å². The number of pyridine rings is 1. The van der Waals surface area contributed by atoms with E-state index in [1.54, 1.807) is 0 Å². The molecule has 34 heavy (non-hydrogen) atoms. The topological polar surface area (TPSA) is 53.4 Å². The van der Waals surface area contributed by atoms with Crippen LogP contribution in [0.1, 0.15) is 41.5 Å². The fourth-order valence-corrected chi connectivity index (χ4v) is 5.26. The van der Waals surface area contributed by atoms with Gasteiger partial charge in [0.05, 0.1) is 5.52 Å². The number of fused-ring (bicyclic) bond motifs is 1. The minimum Gasteiger partial charge on any atom is -0.480 e. The minimum atomic E-state index is -0.715. The molecule has 0 aliphatic carbocycles. The molecule has 0 amide bonds. The number of piperidine rings is 1. The summed E-state index contributed by atoms with van der Waals surface area (Å²) in [6.07, 6.45) is 5.43. The van der Waals surface area contributed by atoms with Gasteiger partial charge in [-0.1, -0.05) is 73.2 Å². The summed E-state index contributed by atoms with van der Waals surface area (Å²) in [5, 5.41) is 10.8. The SMILES string of the molecule is Cc1c(Cc2cccc3c(CN4CCCCC4C(=O)O)ccnc23)cccc1-c1ccccc1. The molecule has 1 unspecified atom stereocenters. The van der Waals surface area contributed by atoms with Gasteiger partial charge in [0, 0.05) is 18.1 Å². The maximum Gasteiger partial charge on any atom is 0.320 e. The molecule has 1 aliphatic rings. The van der Waals surface area contributed by atoms with Crippen LogP contribution in [0.25, 0.3) is 22.0 Å². The monoisotopic (exact) mass is 450 g/mol. The van der Waals surface area contributed by atoms with Crippen LogP contribution in [0.5, 0.6) is 0 Å². The number of hydrogen-bond donors (Lipinski definition) is 1. The summed E-state index contributed by atoms with van der Waals surface area (Å²) in [4.78, 5) is 18.7. The molecular formula is C30H30N2O2. The molecule has 172 valence electrons. The number of aromatic nitrogens is 1. The van der Waals surface area contributed by atoms with Crippen LogP contribution in [-0.2, 0) is 17.8 Å². The molecule has 2 heterocycles. The van der Waals surface area contributed by atoms with E-state index in [1.807, 2.05) is 18.3 Å². The molecule has 0 saturated carbocycles. The highest BCUT2D eigenvalue weighted by Gasteiger charge is 2.28. The van der Waals surface area contributed by atoms with Crippen LogP contribution in [-0.4, -0.2) is 33.5 Å². The lowest BCUT2D eigenvalue weighted by Crippen LogP contribution is -2.44. The van der Waals surface area contributed by atoms with Crippen LogP contribution >= 0.6 is 0 Å². The van der Waals surface area contributed by atoms with Crippen LogP contribution in [0.15, 0.2) is 79.0 Å². The Balaban J connectivity index is 1.48. The summed E-state index contributed by atoms with van der Waals surface area (Å²) in [5.74, 6) is -0.715. The Bertz CT molecular complexity index is 1320. The molecule has 1 aromatic heterocycles. The predicted octanol–water partition coefficient (Wildman–Crippen LogP) is 6.24. The van der Waals surface area contributed by atoms with Crippen LogP contribution in [0, 0.1) is 6.92 Å². The molecular weight excluding hydrogens is 420 g/mol. The number of nitrogens with zero attached hydrogens (tertiary/aromatic N) is 2. The van der Waals surface area contributed by atoms with Crippen LogP contribution < -0.4 is 0 Å². The first-order chi connectivity index (χ1) is 16.6.